The number of phenolic OH excluding ortho intramolecular Hbond substituents is 1. The predicted molar refractivity (Wildman–Crippen MR) is 116 cm³/mol. The number of amides is 1. The van der Waals surface area contributed by atoms with Crippen LogP contribution in [0.4, 0.5) is 0 Å². The van der Waals surface area contributed by atoms with Gasteiger partial charge in [-0.25, -0.2) is 4.79 Å². The molecule has 0 aliphatic rings. The maximum atomic E-state index is 12.7. The van der Waals surface area contributed by atoms with Crippen molar-refractivity contribution < 1.29 is 33.7 Å². The second-order valence-electron chi connectivity index (χ2n) is 7.06. The number of carbonyl (C=O) groups excluding carboxylic acids is 2. The summed E-state index contributed by atoms with van der Waals surface area (Å²) in [5.74, 6) is -2.37. The zero-order valence-corrected chi connectivity index (χ0v) is 18.1. The van der Waals surface area contributed by atoms with E-state index in [4.69, 9.17) is 13.9 Å². The molecule has 2 aromatic heterocycles. The molecule has 0 saturated heterocycles. The van der Waals surface area contributed by atoms with Gasteiger partial charge in [-0.1, -0.05) is 6.07 Å². The molecule has 2 heterocycles. The molecular weight excluding hydrogens is 432 g/mol. The van der Waals surface area contributed by atoms with Crippen LogP contribution in [0, 0.1) is 0 Å². The normalized spacial score (nSPS) is 11.6. The summed E-state index contributed by atoms with van der Waals surface area (Å²) in [6.07, 6.45) is 2.26. The number of benzene rings is 1. The van der Waals surface area contributed by atoms with Crippen LogP contribution in [0.2, 0.25) is 0 Å². The van der Waals surface area contributed by atoms with E-state index in [1.54, 1.807) is 25.1 Å². The number of pyridine rings is 1. The molecule has 10 heteroatoms. The number of ether oxygens (including phenoxy) is 2. The Balaban J connectivity index is 2.02. The summed E-state index contributed by atoms with van der Waals surface area (Å²) in [7, 11) is 1.38. The molecular formula is C23H24N2O8. The van der Waals surface area contributed by atoms with Crippen molar-refractivity contribution >= 4 is 11.9 Å². The van der Waals surface area contributed by atoms with Crippen LogP contribution in [0.5, 0.6) is 17.2 Å². The fourth-order valence-electron chi connectivity index (χ4n) is 3.39. The molecule has 0 unspecified atom stereocenters. The monoisotopic (exact) mass is 456 g/mol. The number of methoxy groups -OCH3 is 1. The molecule has 0 spiro atoms. The Kier molecular flexibility index (Phi) is 7.39. The van der Waals surface area contributed by atoms with Gasteiger partial charge in [-0.15, -0.1) is 0 Å². The van der Waals surface area contributed by atoms with Gasteiger partial charge in [-0.05, 0) is 36.8 Å². The van der Waals surface area contributed by atoms with Crippen molar-refractivity contribution in [2.75, 3.05) is 13.7 Å². The molecule has 0 fully saturated rings. The first-order valence-corrected chi connectivity index (χ1v) is 10.1. The summed E-state index contributed by atoms with van der Waals surface area (Å²) >= 11 is 0. The molecule has 0 aliphatic heterocycles. The molecule has 0 saturated carbocycles. The summed E-state index contributed by atoms with van der Waals surface area (Å²) < 4.78 is 15.2. The number of H-pyrrole nitrogens is 1. The highest BCUT2D eigenvalue weighted by molar-refractivity contribution is 5.92. The van der Waals surface area contributed by atoms with E-state index >= 15 is 0 Å². The smallest absolute Gasteiger partial charge is 0.343 e. The average molecular weight is 456 g/mol. The minimum absolute atomic E-state index is 0.0672. The van der Waals surface area contributed by atoms with E-state index in [2.05, 4.69) is 10.3 Å². The van der Waals surface area contributed by atoms with Gasteiger partial charge < -0.3 is 34.4 Å². The fourth-order valence-corrected chi connectivity index (χ4v) is 3.39. The number of rotatable bonds is 9. The number of aromatic amines is 1. The molecule has 1 atom stereocenters. The summed E-state index contributed by atoms with van der Waals surface area (Å²) in [6.45, 7) is 1.79. The van der Waals surface area contributed by atoms with E-state index in [9.17, 15) is 24.6 Å². The number of carbonyl (C=O) groups is 2. The van der Waals surface area contributed by atoms with Crippen LogP contribution in [0.15, 0.2) is 52.0 Å². The van der Waals surface area contributed by atoms with E-state index in [0.29, 0.717) is 11.3 Å². The summed E-state index contributed by atoms with van der Waals surface area (Å²) in [6, 6.07) is 7.73. The molecule has 4 N–H and O–H groups in total. The van der Waals surface area contributed by atoms with Gasteiger partial charge in [0.15, 0.2) is 11.5 Å². The Morgan fingerprint density at radius 2 is 2.03 bits per heavy atom. The zero-order chi connectivity index (χ0) is 24.0. The lowest BCUT2D eigenvalue weighted by Crippen LogP contribution is -2.27. The second-order valence-corrected chi connectivity index (χ2v) is 7.06. The van der Waals surface area contributed by atoms with Crippen LogP contribution in [-0.4, -0.2) is 40.8 Å². The standard InChI is InChI=1S/C23H24N2O8/c1-3-32-23(30)16-12-25-22(29)20(21(16)28)15(13-6-7-18(31-2)17(26)9-13)10-19(27)24-11-14-5-4-8-33-14/h4-9,12,15,26H,3,10-11H2,1-2H3,(H,24,27)(H2,25,28,29)/t15-/m0/s1. The van der Waals surface area contributed by atoms with Crippen molar-refractivity contribution in [2.24, 2.45) is 0 Å². The summed E-state index contributed by atoms with van der Waals surface area (Å²) in [5.41, 5.74) is -0.800. The highest BCUT2D eigenvalue weighted by Crippen LogP contribution is 2.37. The number of hydrogen-bond donors (Lipinski definition) is 4. The summed E-state index contributed by atoms with van der Waals surface area (Å²) in [4.78, 5) is 40.1. The number of aromatic hydroxyl groups is 2. The molecule has 0 aliphatic carbocycles. The Morgan fingerprint density at radius 1 is 1.24 bits per heavy atom. The Bertz CT molecular complexity index is 1180. The molecule has 174 valence electrons. The van der Waals surface area contributed by atoms with Gasteiger partial charge in [-0.3, -0.25) is 9.59 Å². The number of aromatic nitrogens is 1. The number of nitrogens with one attached hydrogen (secondary N) is 2. The predicted octanol–water partition coefficient (Wildman–Crippen LogP) is 2.40. The molecule has 3 rings (SSSR count). The van der Waals surface area contributed by atoms with Gasteiger partial charge in [0, 0.05) is 18.5 Å². The highest BCUT2D eigenvalue weighted by Gasteiger charge is 2.28. The van der Waals surface area contributed by atoms with Gasteiger partial charge in [0.25, 0.3) is 5.56 Å². The highest BCUT2D eigenvalue weighted by atomic mass is 16.5. The molecule has 0 bridgehead atoms. The van der Waals surface area contributed by atoms with Gasteiger partial charge in [-0.2, -0.15) is 0 Å². The van der Waals surface area contributed by atoms with E-state index < -0.39 is 29.1 Å². The first-order chi connectivity index (χ1) is 15.8. The van der Waals surface area contributed by atoms with Gasteiger partial charge in [0.1, 0.15) is 17.1 Å². The van der Waals surface area contributed by atoms with Crippen LogP contribution in [-0.2, 0) is 16.1 Å². The Hall–Kier alpha value is -4.21. The first-order valence-electron chi connectivity index (χ1n) is 10.1. The van der Waals surface area contributed by atoms with Gasteiger partial charge in [0.2, 0.25) is 5.91 Å². The third-order valence-corrected chi connectivity index (χ3v) is 4.98. The molecule has 1 aromatic carbocycles. The Morgan fingerprint density at radius 3 is 2.67 bits per heavy atom. The van der Waals surface area contributed by atoms with Crippen LogP contribution < -0.4 is 15.6 Å². The van der Waals surface area contributed by atoms with Crippen LogP contribution in [0.25, 0.3) is 0 Å². The lowest BCUT2D eigenvalue weighted by atomic mass is 9.87. The third kappa shape index (κ3) is 5.35. The SMILES string of the molecule is CCOC(=O)c1c[nH]c(=O)c([C@@H](CC(=O)NCc2ccco2)c2ccc(OC)c(O)c2)c1O. The maximum Gasteiger partial charge on any atom is 0.343 e. The van der Waals surface area contributed by atoms with E-state index in [1.807, 2.05) is 0 Å². The lowest BCUT2D eigenvalue weighted by molar-refractivity contribution is -0.121. The van der Waals surface area contributed by atoms with Crippen molar-refractivity contribution in [1.29, 1.82) is 0 Å². The fraction of sp³-hybridized carbons (Fsp3) is 0.261. The zero-order valence-electron chi connectivity index (χ0n) is 18.1. The van der Waals surface area contributed by atoms with Crippen molar-refractivity contribution in [3.63, 3.8) is 0 Å². The van der Waals surface area contributed by atoms with Gasteiger partial charge >= 0.3 is 5.97 Å². The van der Waals surface area contributed by atoms with Crippen molar-refractivity contribution in [2.45, 2.75) is 25.8 Å². The van der Waals surface area contributed by atoms with Crippen molar-refractivity contribution in [1.82, 2.24) is 10.3 Å². The first kappa shape index (κ1) is 23.5. The Labute approximate surface area is 188 Å². The third-order valence-electron chi connectivity index (χ3n) is 4.98. The van der Waals surface area contributed by atoms with E-state index in [-0.39, 0.29) is 42.2 Å². The van der Waals surface area contributed by atoms with Crippen LogP contribution in [0.3, 0.4) is 0 Å². The number of hydrogen-bond acceptors (Lipinski definition) is 8. The van der Waals surface area contributed by atoms with Gasteiger partial charge in [0.05, 0.1) is 32.1 Å². The molecule has 0 radical (unpaired) electrons. The molecule has 33 heavy (non-hydrogen) atoms. The molecule has 3 aromatic rings. The van der Waals surface area contributed by atoms with E-state index in [0.717, 1.165) is 6.20 Å². The largest absolute Gasteiger partial charge is 0.506 e. The lowest BCUT2D eigenvalue weighted by Gasteiger charge is -2.20. The van der Waals surface area contributed by atoms with Crippen LogP contribution in [0.1, 0.15) is 46.5 Å². The quantitative estimate of drug-likeness (QED) is 0.358. The van der Waals surface area contributed by atoms with Crippen molar-refractivity contribution in [3.8, 4) is 17.2 Å². The van der Waals surface area contributed by atoms with Crippen LogP contribution >= 0.6 is 0 Å². The summed E-state index contributed by atoms with van der Waals surface area (Å²) in [5, 5.41) is 23.7. The second kappa shape index (κ2) is 10.4. The minimum atomic E-state index is -1.00. The average Bonchev–Trinajstić information content (AvgIpc) is 3.31. The number of esters is 1. The number of furan rings is 1. The molecule has 10 nitrogen and oxygen atoms in total. The molecule has 1 amide bonds. The van der Waals surface area contributed by atoms with Crippen molar-refractivity contribution in [3.05, 3.63) is 75.6 Å². The maximum absolute atomic E-state index is 12.7. The number of phenols is 1. The minimum Gasteiger partial charge on any atom is -0.506 e. The topological polar surface area (TPSA) is 151 Å². The van der Waals surface area contributed by atoms with E-state index in [1.165, 1.54) is 25.5 Å².